The molecular formula is C19H42O7Si. The van der Waals surface area contributed by atoms with Crippen LogP contribution in [0.4, 0.5) is 0 Å². The molecule has 0 aromatic carbocycles. The second kappa shape index (κ2) is 20.7. The van der Waals surface area contributed by atoms with Crippen molar-refractivity contribution in [2.45, 2.75) is 39.4 Å². The smallest absolute Gasteiger partial charge is 0.183 e. The van der Waals surface area contributed by atoms with Crippen LogP contribution in [0.3, 0.4) is 0 Å². The van der Waals surface area contributed by atoms with Gasteiger partial charge in [0.1, 0.15) is 0 Å². The third-order valence-electron chi connectivity index (χ3n) is 3.27. The number of unbranched alkanes of at least 4 members (excludes halogenated alkanes) is 1. The summed E-state index contributed by atoms with van der Waals surface area (Å²) in [6, 6.07) is 0. The van der Waals surface area contributed by atoms with Crippen LogP contribution >= 0.6 is 0 Å². The van der Waals surface area contributed by atoms with Gasteiger partial charge in [0.25, 0.3) is 0 Å². The molecular weight excluding hydrogens is 368 g/mol. The summed E-state index contributed by atoms with van der Waals surface area (Å²) in [5.74, 6) is 0. The zero-order valence-corrected chi connectivity index (χ0v) is 19.0. The first-order valence-corrected chi connectivity index (χ1v) is 13.6. The molecule has 0 aliphatic carbocycles. The van der Waals surface area contributed by atoms with Gasteiger partial charge in [-0.3, -0.25) is 0 Å². The van der Waals surface area contributed by atoms with Crippen LogP contribution < -0.4 is 0 Å². The summed E-state index contributed by atoms with van der Waals surface area (Å²) < 4.78 is 38.2. The Balaban J connectivity index is 3.01. The summed E-state index contributed by atoms with van der Waals surface area (Å²) in [6.07, 6.45) is 2.27. The minimum absolute atomic E-state index is 0.563. The quantitative estimate of drug-likeness (QED) is 0.201. The number of hydrogen-bond donors (Lipinski definition) is 0. The van der Waals surface area contributed by atoms with Gasteiger partial charge >= 0.3 is 0 Å². The van der Waals surface area contributed by atoms with E-state index in [0.29, 0.717) is 79.3 Å². The van der Waals surface area contributed by atoms with Crippen molar-refractivity contribution in [2.75, 3.05) is 85.9 Å². The molecule has 0 bridgehead atoms. The Labute approximate surface area is 167 Å². The van der Waals surface area contributed by atoms with Crippen molar-refractivity contribution >= 4 is 8.32 Å². The lowest BCUT2D eigenvalue weighted by atomic mass is 10.4. The van der Waals surface area contributed by atoms with E-state index in [1.165, 1.54) is 0 Å². The maximum absolute atomic E-state index is 5.69. The number of hydrogen-bond acceptors (Lipinski definition) is 7. The molecule has 0 heterocycles. The molecule has 8 heteroatoms. The van der Waals surface area contributed by atoms with Crippen molar-refractivity contribution in [1.29, 1.82) is 0 Å². The predicted molar refractivity (Wildman–Crippen MR) is 109 cm³/mol. The second-order valence-electron chi connectivity index (χ2n) is 6.99. The molecule has 0 N–H and O–H groups in total. The Hall–Kier alpha value is -0.0631. The van der Waals surface area contributed by atoms with Crippen LogP contribution in [0.25, 0.3) is 0 Å². The van der Waals surface area contributed by atoms with Crippen molar-refractivity contribution < 1.29 is 32.8 Å². The van der Waals surface area contributed by atoms with Crippen LogP contribution in [-0.4, -0.2) is 94.2 Å². The first-order valence-electron chi connectivity index (χ1n) is 10.2. The van der Waals surface area contributed by atoms with E-state index in [9.17, 15) is 0 Å². The molecule has 0 aliphatic heterocycles. The first kappa shape index (κ1) is 26.9. The predicted octanol–water partition coefficient (Wildman–Crippen LogP) is 2.74. The molecule has 0 fully saturated rings. The van der Waals surface area contributed by atoms with Crippen molar-refractivity contribution in [1.82, 2.24) is 0 Å². The summed E-state index contributed by atoms with van der Waals surface area (Å²) in [6.45, 7) is 16.6. The topological polar surface area (TPSA) is 64.6 Å². The first-order chi connectivity index (χ1) is 13.1. The highest BCUT2D eigenvalue weighted by Gasteiger charge is 2.12. The van der Waals surface area contributed by atoms with Gasteiger partial charge in [-0.15, -0.1) is 0 Å². The third-order valence-corrected chi connectivity index (χ3v) is 4.34. The zero-order valence-electron chi connectivity index (χ0n) is 18.0. The molecule has 0 unspecified atom stereocenters. The van der Waals surface area contributed by atoms with E-state index in [0.717, 1.165) is 19.4 Å². The average Bonchev–Trinajstić information content (AvgIpc) is 2.62. The third kappa shape index (κ3) is 25.9. The Kier molecular flexibility index (Phi) is 20.6. The van der Waals surface area contributed by atoms with Crippen LogP contribution in [0.15, 0.2) is 0 Å². The minimum atomic E-state index is -1.42. The Morgan fingerprint density at radius 2 is 0.741 bits per heavy atom. The minimum Gasteiger partial charge on any atom is -0.415 e. The fourth-order valence-corrected chi connectivity index (χ4v) is 2.55. The second-order valence-corrected chi connectivity index (χ2v) is 11.5. The summed E-state index contributed by atoms with van der Waals surface area (Å²) in [7, 11) is -1.42. The van der Waals surface area contributed by atoms with E-state index >= 15 is 0 Å². The van der Waals surface area contributed by atoms with Crippen molar-refractivity contribution in [2.24, 2.45) is 0 Å². The number of ether oxygens (including phenoxy) is 6. The van der Waals surface area contributed by atoms with Crippen molar-refractivity contribution in [3.8, 4) is 0 Å². The molecule has 0 rings (SSSR count). The summed E-state index contributed by atoms with van der Waals surface area (Å²) in [5, 5.41) is 0. The van der Waals surface area contributed by atoms with E-state index in [1.807, 2.05) is 0 Å². The van der Waals surface area contributed by atoms with E-state index in [4.69, 9.17) is 32.8 Å². The Morgan fingerprint density at radius 1 is 0.444 bits per heavy atom. The van der Waals surface area contributed by atoms with Gasteiger partial charge in [-0.05, 0) is 26.1 Å². The zero-order chi connectivity index (χ0) is 20.1. The summed E-state index contributed by atoms with van der Waals surface area (Å²) in [4.78, 5) is 0. The Morgan fingerprint density at radius 3 is 1.04 bits per heavy atom. The van der Waals surface area contributed by atoms with Gasteiger partial charge in [-0.2, -0.15) is 0 Å². The molecule has 164 valence electrons. The molecule has 0 spiro atoms. The average molecular weight is 411 g/mol. The molecule has 0 atom stereocenters. The lowest BCUT2D eigenvalue weighted by molar-refractivity contribution is -0.0179. The molecule has 0 saturated heterocycles. The normalized spacial score (nSPS) is 12.0. The molecule has 0 radical (unpaired) electrons. The summed E-state index contributed by atoms with van der Waals surface area (Å²) >= 11 is 0. The monoisotopic (exact) mass is 410 g/mol. The van der Waals surface area contributed by atoms with Gasteiger partial charge in [-0.25, -0.2) is 0 Å². The largest absolute Gasteiger partial charge is 0.415 e. The SMILES string of the molecule is CCCCOCCOCCOCCOCCOCCOCCO[Si](C)(C)C. The van der Waals surface area contributed by atoms with Gasteiger partial charge < -0.3 is 32.8 Å². The van der Waals surface area contributed by atoms with Crippen LogP contribution in [-0.2, 0) is 32.8 Å². The fourth-order valence-electron chi connectivity index (χ4n) is 1.85. The van der Waals surface area contributed by atoms with Crippen LogP contribution in [0.1, 0.15) is 19.8 Å². The highest BCUT2D eigenvalue weighted by atomic mass is 28.4. The van der Waals surface area contributed by atoms with Gasteiger partial charge in [0, 0.05) is 6.61 Å². The molecule has 27 heavy (non-hydrogen) atoms. The lowest BCUT2D eigenvalue weighted by Crippen LogP contribution is -2.27. The highest BCUT2D eigenvalue weighted by Crippen LogP contribution is 2.01. The number of rotatable bonds is 22. The van der Waals surface area contributed by atoms with Gasteiger partial charge in [0.05, 0.1) is 79.3 Å². The van der Waals surface area contributed by atoms with E-state index in [2.05, 4.69) is 26.6 Å². The summed E-state index contributed by atoms with van der Waals surface area (Å²) in [5.41, 5.74) is 0. The van der Waals surface area contributed by atoms with Gasteiger partial charge in [0.15, 0.2) is 8.32 Å². The molecule has 0 aliphatic rings. The van der Waals surface area contributed by atoms with E-state index < -0.39 is 8.32 Å². The molecule has 0 saturated carbocycles. The van der Waals surface area contributed by atoms with Crippen molar-refractivity contribution in [3.63, 3.8) is 0 Å². The molecule has 0 aromatic heterocycles. The van der Waals surface area contributed by atoms with Crippen LogP contribution in [0.2, 0.25) is 19.6 Å². The van der Waals surface area contributed by atoms with Crippen molar-refractivity contribution in [3.05, 3.63) is 0 Å². The van der Waals surface area contributed by atoms with Crippen LogP contribution in [0.5, 0.6) is 0 Å². The Bertz CT molecular complexity index is 288. The van der Waals surface area contributed by atoms with Gasteiger partial charge in [0.2, 0.25) is 0 Å². The fraction of sp³-hybridized carbons (Fsp3) is 1.00. The molecule has 7 nitrogen and oxygen atoms in total. The maximum Gasteiger partial charge on any atom is 0.183 e. The molecule has 0 amide bonds. The maximum atomic E-state index is 5.69. The molecule has 0 aromatic rings. The highest BCUT2D eigenvalue weighted by molar-refractivity contribution is 6.69. The lowest BCUT2D eigenvalue weighted by Gasteiger charge is -2.16. The standard InChI is InChI=1S/C19H42O7Si/c1-5-6-7-20-8-9-21-10-11-22-12-13-23-14-15-24-16-17-25-18-19-26-27(2,3)4/h5-19H2,1-4H3. The van der Waals surface area contributed by atoms with E-state index in [1.54, 1.807) is 0 Å². The van der Waals surface area contributed by atoms with E-state index in [-0.39, 0.29) is 0 Å². The van der Waals surface area contributed by atoms with Gasteiger partial charge in [-0.1, -0.05) is 13.3 Å². The van der Waals surface area contributed by atoms with Crippen LogP contribution in [0, 0.1) is 0 Å².